The van der Waals surface area contributed by atoms with Gasteiger partial charge in [0.1, 0.15) is 5.60 Å². The molecule has 7 heteroatoms. The summed E-state index contributed by atoms with van der Waals surface area (Å²) >= 11 is 0. The highest BCUT2D eigenvalue weighted by molar-refractivity contribution is 5.67. The van der Waals surface area contributed by atoms with Gasteiger partial charge in [0.05, 0.1) is 0 Å². The standard InChI is InChI=1S/C14H27F3N2O2/c1-11(7-5-8-14(15,16)17)18-9-6-10-19-12(20)21-13(2,3)4/h11,18H,5-10H2,1-4H3,(H,19,20). The zero-order valence-corrected chi connectivity index (χ0v) is 13.3. The van der Waals surface area contributed by atoms with Crippen molar-refractivity contribution >= 4 is 6.09 Å². The third-order valence-corrected chi connectivity index (χ3v) is 2.61. The van der Waals surface area contributed by atoms with E-state index in [2.05, 4.69) is 10.6 Å². The molecule has 1 atom stereocenters. The summed E-state index contributed by atoms with van der Waals surface area (Å²) in [5.74, 6) is 0. The number of rotatable bonds is 8. The maximum Gasteiger partial charge on any atom is 0.407 e. The number of nitrogens with one attached hydrogen (secondary N) is 2. The van der Waals surface area contributed by atoms with Gasteiger partial charge in [0.25, 0.3) is 0 Å². The number of hydrogen-bond donors (Lipinski definition) is 2. The van der Waals surface area contributed by atoms with Gasteiger partial charge < -0.3 is 15.4 Å². The summed E-state index contributed by atoms with van der Waals surface area (Å²) in [6, 6.07) is 0.0360. The first kappa shape index (κ1) is 20.0. The number of carbonyl (C=O) groups is 1. The summed E-state index contributed by atoms with van der Waals surface area (Å²) in [5.41, 5.74) is -0.519. The van der Waals surface area contributed by atoms with E-state index in [9.17, 15) is 18.0 Å². The molecule has 0 aromatic heterocycles. The fourth-order valence-corrected chi connectivity index (χ4v) is 1.65. The molecule has 1 amide bonds. The highest BCUT2D eigenvalue weighted by atomic mass is 19.4. The maximum absolute atomic E-state index is 12.0. The van der Waals surface area contributed by atoms with Gasteiger partial charge in [-0.15, -0.1) is 0 Å². The largest absolute Gasteiger partial charge is 0.444 e. The van der Waals surface area contributed by atoms with Crippen LogP contribution >= 0.6 is 0 Å². The minimum Gasteiger partial charge on any atom is -0.444 e. The molecule has 0 aliphatic rings. The van der Waals surface area contributed by atoms with Crippen molar-refractivity contribution in [3.8, 4) is 0 Å². The molecule has 0 fully saturated rings. The molecule has 0 bridgehead atoms. The SMILES string of the molecule is CC(CCCC(F)(F)F)NCCCNC(=O)OC(C)(C)C. The van der Waals surface area contributed by atoms with Crippen molar-refractivity contribution in [3.05, 3.63) is 0 Å². The van der Waals surface area contributed by atoms with Gasteiger partial charge in [-0.25, -0.2) is 4.79 Å². The van der Waals surface area contributed by atoms with E-state index in [1.165, 1.54) is 0 Å². The summed E-state index contributed by atoms with van der Waals surface area (Å²) in [5, 5.41) is 5.76. The van der Waals surface area contributed by atoms with Crippen LogP contribution in [-0.4, -0.2) is 37.0 Å². The predicted molar refractivity (Wildman–Crippen MR) is 76.2 cm³/mol. The minimum absolute atomic E-state index is 0.0360. The molecule has 1 unspecified atom stereocenters. The van der Waals surface area contributed by atoms with E-state index in [0.717, 1.165) is 0 Å². The van der Waals surface area contributed by atoms with E-state index < -0.39 is 24.3 Å². The summed E-state index contributed by atoms with van der Waals surface area (Å²) in [7, 11) is 0. The second-order valence-corrected chi connectivity index (χ2v) is 6.14. The number of amides is 1. The third kappa shape index (κ3) is 15.2. The second-order valence-electron chi connectivity index (χ2n) is 6.14. The van der Waals surface area contributed by atoms with E-state index >= 15 is 0 Å². The lowest BCUT2D eigenvalue weighted by atomic mass is 10.1. The van der Waals surface area contributed by atoms with Crippen LogP contribution in [0.4, 0.5) is 18.0 Å². The van der Waals surface area contributed by atoms with Crippen LogP contribution in [0.25, 0.3) is 0 Å². The van der Waals surface area contributed by atoms with E-state index in [4.69, 9.17) is 4.74 Å². The lowest BCUT2D eigenvalue weighted by Gasteiger charge is -2.19. The van der Waals surface area contributed by atoms with Crippen LogP contribution in [-0.2, 0) is 4.74 Å². The minimum atomic E-state index is -4.07. The second kappa shape index (κ2) is 9.12. The smallest absolute Gasteiger partial charge is 0.407 e. The molecule has 0 saturated heterocycles. The van der Waals surface area contributed by atoms with Crippen molar-refractivity contribution < 1.29 is 22.7 Å². The molecule has 0 aromatic carbocycles. The quantitative estimate of drug-likeness (QED) is 0.673. The molecule has 21 heavy (non-hydrogen) atoms. The molecule has 0 aromatic rings. The molecule has 2 N–H and O–H groups in total. The van der Waals surface area contributed by atoms with Gasteiger partial charge in [0.2, 0.25) is 0 Å². The van der Waals surface area contributed by atoms with Crippen molar-refractivity contribution in [2.24, 2.45) is 0 Å². The van der Waals surface area contributed by atoms with E-state index in [1.54, 1.807) is 20.8 Å². The number of ether oxygens (including phenoxy) is 1. The van der Waals surface area contributed by atoms with Crippen molar-refractivity contribution in [2.45, 2.75) is 71.2 Å². The van der Waals surface area contributed by atoms with Gasteiger partial charge >= 0.3 is 12.3 Å². The first-order valence-electron chi connectivity index (χ1n) is 7.26. The van der Waals surface area contributed by atoms with Crippen molar-refractivity contribution in [3.63, 3.8) is 0 Å². The molecule has 0 aliphatic carbocycles. The van der Waals surface area contributed by atoms with Crippen LogP contribution in [0.2, 0.25) is 0 Å². The van der Waals surface area contributed by atoms with Crippen LogP contribution in [0, 0.1) is 0 Å². The number of alkyl carbamates (subject to hydrolysis) is 1. The fourth-order valence-electron chi connectivity index (χ4n) is 1.65. The molecular weight excluding hydrogens is 285 g/mol. The van der Waals surface area contributed by atoms with Gasteiger partial charge in [-0.2, -0.15) is 13.2 Å². The Morgan fingerprint density at radius 3 is 2.29 bits per heavy atom. The van der Waals surface area contributed by atoms with Crippen molar-refractivity contribution in [2.75, 3.05) is 13.1 Å². The summed E-state index contributed by atoms with van der Waals surface area (Å²) < 4.78 is 41.0. The van der Waals surface area contributed by atoms with Crippen LogP contribution < -0.4 is 10.6 Å². The van der Waals surface area contributed by atoms with Crippen molar-refractivity contribution in [1.29, 1.82) is 0 Å². The Morgan fingerprint density at radius 1 is 1.14 bits per heavy atom. The Morgan fingerprint density at radius 2 is 1.76 bits per heavy atom. The highest BCUT2D eigenvalue weighted by Gasteiger charge is 2.26. The van der Waals surface area contributed by atoms with Gasteiger partial charge in [0.15, 0.2) is 0 Å². The fraction of sp³-hybridized carbons (Fsp3) is 0.929. The van der Waals surface area contributed by atoms with Gasteiger partial charge in [-0.3, -0.25) is 0 Å². The average Bonchev–Trinajstić information content (AvgIpc) is 2.24. The third-order valence-electron chi connectivity index (χ3n) is 2.61. The number of hydrogen-bond acceptors (Lipinski definition) is 3. The van der Waals surface area contributed by atoms with E-state index in [-0.39, 0.29) is 12.5 Å². The maximum atomic E-state index is 12.0. The van der Waals surface area contributed by atoms with Crippen LogP contribution in [0.5, 0.6) is 0 Å². The van der Waals surface area contributed by atoms with Crippen molar-refractivity contribution in [1.82, 2.24) is 10.6 Å². The molecule has 0 rings (SSSR count). The Labute approximate surface area is 124 Å². The predicted octanol–water partition coefficient (Wildman–Crippen LogP) is 3.61. The topological polar surface area (TPSA) is 50.4 Å². The van der Waals surface area contributed by atoms with E-state index in [1.807, 2.05) is 6.92 Å². The van der Waals surface area contributed by atoms with Gasteiger partial charge in [-0.1, -0.05) is 0 Å². The number of halogens is 3. The molecule has 126 valence electrons. The summed E-state index contributed by atoms with van der Waals surface area (Å²) in [6.07, 6.45) is -3.95. The Hall–Kier alpha value is -0.980. The van der Waals surface area contributed by atoms with Crippen LogP contribution in [0.3, 0.4) is 0 Å². The molecule has 0 aliphatic heterocycles. The molecule has 4 nitrogen and oxygen atoms in total. The molecule has 0 heterocycles. The highest BCUT2D eigenvalue weighted by Crippen LogP contribution is 2.22. The normalized spacial score (nSPS) is 13.9. The van der Waals surface area contributed by atoms with Gasteiger partial charge in [-0.05, 0) is 53.5 Å². The van der Waals surface area contributed by atoms with E-state index in [0.29, 0.717) is 25.9 Å². The molecule has 0 saturated carbocycles. The average molecular weight is 312 g/mol. The Kier molecular flexibility index (Phi) is 8.70. The Bertz CT molecular complexity index is 302. The number of alkyl halides is 3. The zero-order chi connectivity index (χ0) is 16.5. The zero-order valence-electron chi connectivity index (χ0n) is 13.3. The van der Waals surface area contributed by atoms with Gasteiger partial charge in [0, 0.05) is 19.0 Å². The monoisotopic (exact) mass is 312 g/mol. The molecule has 0 radical (unpaired) electrons. The molecule has 0 spiro atoms. The van der Waals surface area contributed by atoms with Crippen LogP contribution in [0.1, 0.15) is 53.4 Å². The Balaban J connectivity index is 3.52. The molecular formula is C14H27F3N2O2. The van der Waals surface area contributed by atoms with Crippen LogP contribution in [0.15, 0.2) is 0 Å². The summed E-state index contributed by atoms with van der Waals surface area (Å²) in [6.45, 7) is 8.34. The lowest BCUT2D eigenvalue weighted by Crippen LogP contribution is -2.35. The first-order chi connectivity index (χ1) is 9.49. The summed E-state index contributed by atoms with van der Waals surface area (Å²) in [4.78, 5) is 11.3. The number of carbonyl (C=O) groups excluding carboxylic acids is 1. The lowest BCUT2D eigenvalue weighted by molar-refractivity contribution is -0.135. The first-order valence-corrected chi connectivity index (χ1v) is 7.26.